The SMILES string of the molecule is Cc1cccc([N+](=O)[O-])c1OCc1ccc(Cl)nc1. The topological polar surface area (TPSA) is 65.3 Å². The lowest BCUT2D eigenvalue weighted by Crippen LogP contribution is -2.01. The monoisotopic (exact) mass is 278 g/mol. The van der Waals surface area contributed by atoms with Crippen LogP contribution in [0.25, 0.3) is 0 Å². The third-order valence-corrected chi connectivity index (χ3v) is 2.78. The van der Waals surface area contributed by atoms with Gasteiger partial charge in [0.2, 0.25) is 0 Å². The molecule has 2 aromatic rings. The highest BCUT2D eigenvalue weighted by Gasteiger charge is 2.16. The number of pyridine rings is 1. The molecule has 98 valence electrons. The Hall–Kier alpha value is -2.14. The molecule has 0 atom stereocenters. The summed E-state index contributed by atoms with van der Waals surface area (Å²) in [4.78, 5) is 14.4. The molecule has 0 radical (unpaired) electrons. The molecular formula is C13H11ClN2O3. The summed E-state index contributed by atoms with van der Waals surface area (Å²) in [6.45, 7) is 1.97. The van der Waals surface area contributed by atoms with Crippen LogP contribution in [0.4, 0.5) is 5.69 Å². The second-order valence-corrected chi connectivity index (χ2v) is 4.35. The summed E-state index contributed by atoms with van der Waals surface area (Å²) < 4.78 is 5.53. The molecule has 1 aromatic carbocycles. The van der Waals surface area contributed by atoms with Crippen LogP contribution in [0, 0.1) is 17.0 Å². The number of para-hydroxylation sites is 1. The summed E-state index contributed by atoms with van der Waals surface area (Å²) in [5, 5.41) is 11.3. The highest BCUT2D eigenvalue weighted by molar-refractivity contribution is 6.29. The third kappa shape index (κ3) is 3.20. The van der Waals surface area contributed by atoms with Crippen molar-refractivity contribution in [3.8, 4) is 5.75 Å². The summed E-state index contributed by atoms with van der Waals surface area (Å²) in [6.07, 6.45) is 1.58. The molecule has 0 unspecified atom stereocenters. The van der Waals surface area contributed by atoms with Gasteiger partial charge in [0.15, 0.2) is 5.75 Å². The number of nitro benzene ring substituents is 1. The zero-order valence-corrected chi connectivity index (χ0v) is 10.9. The fourth-order valence-corrected chi connectivity index (χ4v) is 1.73. The molecule has 0 N–H and O–H groups in total. The van der Waals surface area contributed by atoms with Gasteiger partial charge < -0.3 is 4.74 Å². The van der Waals surface area contributed by atoms with Crippen molar-refractivity contribution in [1.29, 1.82) is 0 Å². The van der Waals surface area contributed by atoms with Gasteiger partial charge in [-0.1, -0.05) is 29.8 Å². The fraction of sp³-hybridized carbons (Fsp3) is 0.154. The molecule has 0 fully saturated rings. The van der Waals surface area contributed by atoms with Gasteiger partial charge in [0, 0.05) is 17.8 Å². The molecule has 0 aliphatic carbocycles. The smallest absolute Gasteiger partial charge is 0.311 e. The van der Waals surface area contributed by atoms with Gasteiger partial charge in [-0.2, -0.15) is 0 Å². The zero-order valence-electron chi connectivity index (χ0n) is 10.2. The highest BCUT2D eigenvalue weighted by Crippen LogP contribution is 2.30. The van der Waals surface area contributed by atoms with Crippen LogP contribution in [0.2, 0.25) is 5.15 Å². The fourth-order valence-electron chi connectivity index (χ4n) is 1.62. The number of hydrogen-bond donors (Lipinski definition) is 0. The number of ether oxygens (including phenoxy) is 1. The standard InChI is InChI=1S/C13H11ClN2O3/c1-9-3-2-4-11(16(17)18)13(9)19-8-10-5-6-12(14)15-7-10/h2-7H,8H2,1H3. The molecular weight excluding hydrogens is 268 g/mol. The van der Waals surface area contributed by atoms with Crippen molar-refractivity contribution < 1.29 is 9.66 Å². The second kappa shape index (κ2) is 5.67. The number of aromatic nitrogens is 1. The number of benzene rings is 1. The van der Waals surface area contributed by atoms with Crippen LogP contribution in [0.15, 0.2) is 36.5 Å². The van der Waals surface area contributed by atoms with E-state index in [-0.39, 0.29) is 18.0 Å². The third-order valence-electron chi connectivity index (χ3n) is 2.56. The van der Waals surface area contributed by atoms with Crippen LogP contribution >= 0.6 is 11.6 Å². The number of nitro groups is 1. The molecule has 1 heterocycles. The zero-order chi connectivity index (χ0) is 13.8. The first-order chi connectivity index (χ1) is 9.08. The molecule has 0 saturated heterocycles. The molecule has 2 rings (SSSR count). The van der Waals surface area contributed by atoms with Crippen LogP contribution in [-0.4, -0.2) is 9.91 Å². The Bertz CT molecular complexity index is 599. The van der Waals surface area contributed by atoms with Gasteiger partial charge in [-0.05, 0) is 18.6 Å². The van der Waals surface area contributed by atoms with Gasteiger partial charge in [-0.25, -0.2) is 4.98 Å². The number of halogens is 1. The number of rotatable bonds is 4. The first-order valence-electron chi connectivity index (χ1n) is 5.55. The van der Waals surface area contributed by atoms with Crippen molar-refractivity contribution in [1.82, 2.24) is 4.98 Å². The maximum atomic E-state index is 10.9. The van der Waals surface area contributed by atoms with Crippen molar-refractivity contribution in [2.24, 2.45) is 0 Å². The number of aryl methyl sites for hydroxylation is 1. The van der Waals surface area contributed by atoms with E-state index in [4.69, 9.17) is 16.3 Å². The molecule has 0 saturated carbocycles. The van der Waals surface area contributed by atoms with Gasteiger partial charge in [0.05, 0.1) is 4.92 Å². The Labute approximate surface area is 115 Å². The summed E-state index contributed by atoms with van der Waals surface area (Å²) in [6, 6.07) is 8.22. The highest BCUT2D eigenvalue weighted by atomic mass is 35.5. The average molecular weight is 279 g/mol. The van der Waals surface area contributed by atoms with Gasteiger partial charge in [0.25, 0.3) is 0 Å². The van der Waals surface area contributed by atoms with Crippen LogP contribution < -0.4 is 4.74 Å². The first-order valence-corrected chi connectivity index (χ1v) is 5.93. The van der Waals surface area contributed by atoms with E-state index in [0.29, 0.717) is 5.15 Å². The minimum absolute atomic E-state index is 0.0399. The molecule has 0 spiro atoms. The predicted molar refractivity (Wildman–Crippen MR) is 71.4 cm³/mol. The van der Waals surface area contributed by atoms with Gasteiger partial charge in [-0.3, -0.25) is 10.1 Å². The lowest BCUT2D eigenvalue weighted by atomic mass is 10.2. The van der Waals surface area contributed by atoms with Crippen LogP contribution in [0.3, 0.4) is 0 Å². The van der Waals surface area contributed by atoms with E-state index >= 15 is 0 Å². The predicted octanol–water partition coefficient (Wildman–Crippen LogP) is 3.53. The van der Waals surface area contributed by atoms with E-state index < -0.39 is 4.92 Å². The van der Waals surface area contributed by atoms with Crippen molar-refractivity contribution in [3.05, 3.63) is 62.9 Å². The van der Waals surface area contributed by atoms with E-state index in [1.807, 2.05) is 0 Å². The normalized spacial score (nSPS) is 10.2. The Kier molecular flexibility index (Phi) is 3.97. The average Bonchev–Trinajstić information content (AvgIpc) is 2.39. The molecule has 0 aliphatic rings. The number of hydrogen-bond acceptors (Lipinski definition) is 4. The molecule has 6 heteroatoms. The minimum Gasteiger partial charge on any atom is -0.482 e. The van der Waals surface area contributed by atoms with Crippen LogP contribution in [-0.2, 0) is 6.61 Å². The summed E-state index contributed by atoms with van der Waals surface area (Å²) in [5.41, 5.74) is 1.47. The summed E-state index contributed by atoms with van der Waals surface area (Å²) >= 11 is 5.68. The van der Waals surface area contributed by atoms with Crippen LogP contribution in [0.1, 0.15) is 11.1 Å². The van der Waals surface area contributed by atoms with Crippen molar-refractivity contribution in [2.45, 2.75) is 13.5 Å². The van der Waals surface area contributed by atoms with Crippen molar-refractivity contribution in [2.75, 3.05) is 0 Å². The Balaban J connectivity index is 2.19. The first kappa shape index (κ1) is 13.3. The molecule has 1 aromatic heterocycles. The largest absolute Gasteiger partial charge is 0.482 e. The second-order valence-electron chi connectivity index (χ2n) is 3.96. The number of nitrogens with zero attached hydrogens (tertiary/aromatic N) is 2. The lowest BCUT2D eigenvalue weighted by Gasteiger charge is -2.09. The van der Waals surface area contributed by atoms with Gasteiger partial charge >= 0.3 is 5.69 Å². The van der Waals surface area contributed by atoms with Gasteiger partial charge in [-0.15, -0.1) is 0 Å². The van der Waals surface area contributed by atoms with E-state index in [9.17, 15) is 10.1 Å². The van der Waals surface area contributed by atoms with Gasteiger partial charge in [0.1, 0.15) is 11.8 Å². The summed E-state index contributed by atoms with van der Waals surface area (Å²) in [5.74, 6) is 0.280. The summed E-state index contributed by atoms with van der Waals surface area (Å²) in [7, 11) is 0. The Morgan fingerprint density at radius 1 is 1.37 bits per heavy atom. The van der Waals surface area contributed by atoms with E-state index in [0.717, 1.165) is 11.1 Å². The van der Waals surface area contributed by atoms with E-state index in [1.54, 1.807) is 37.4 Å². The molecule has 0 aliphatic heterocycles. The molecule has 0 amide bonds. The molecule has 19 heavy (non-hydrogen) atoms. The molecule has 0 bridgehead atoms. The minimum atomic E-state index is -0.456. The lowest BCUT2D eigenvalue weighted by molar-refractivity contribution is -0.386. The van der Waals surface area contributed by atoms with Crippen molar-refractivity contribution >= 4 is 17.3 Å². The van der Waals surface area contributed by atoms with Crippen LogP contribution in [0.5, 0.6) is 5.75 Å². The van der Waals surface area contributed by atoms with E-state index in [1.165, 1.54) is 6.07 Å². The quantitative estimate of drug-likeness (QED) is 0.487. The Morgan fingerprint density at radius 3 is 2.79 bits per heavy atom. The van der Waals surface area contributed by atoms with E-state index in [2.05, 4.69) is 4.98 Å². The molecule has 5 nitrogen and oxygen atoms in total. The maximum absolute atomic E-state index is 10.9. The Morgan fingerprint density at radius 2 is 2.16 bits per heavy atom. The maximum Gasteiger partial charge on any atom is 0.311 e. The van der Waals surface area contributed by atoms with Crippen molar-refractivity contribution in [3.63, 3.8) is 0 Å².